The van der Waals surface area contributed by atoms with Crippen molar-refractivity contribution in [2.24, 2.45) is 5.84 Å². The Hall–Kier alpha value is -1.29. The molecule has 0 fully saturated rings. The van der Waals surface area contributed by atoms with E-state index < -0.39 is 5.82 Å². The molecular weight excluding hydrogens is 171 g/mol. The lowest BCUT2D eigenvalue weighted by Crippen LogP contribution is -2.06. The second-order valence-corrected chi connectivity index (χ2v) is 1.99. The molecule has 74 valence electrons. The van der Waals surface area contributed by atoms with E-state index in [0.29, 0.717) is 5.69 Å². The number of rotatable bonds is 2. The zero-order valence-corrected chi connectivity index (χ0v) is 8.10. The van der Waals surface area contributed by atoms with Crippen molar-refractivity contribution >= 4 is 5.69 Å². The van der Waals surface area contributed by atoms with Gasteiger partial charge in [-0.05, 0) is 12.1 Å². The molecule has 4 heteroatoms. The molecule has 0 spiro atoms. The first kappa shape index (κ1) is 11.7. The lowest BCUT2D eigenvalue weighted by atomic mass is 10.3. The molecule has 13 heavy (non-hydrogen) atoms. The molecule has 0 aliphatic heterocycles. The fourth-order valence-corrected chi connectivity index (χ4v) is 0.756. The fraction of sp³-hybridized carbons (Fsp3) is 0.333. The highest BCUT2D eigenvalue weighted by molar-refractivity contribution is 5.46. The number of hydrazine groups is 1. The molecule has 1 rings (SSSR count). The van der Waals surface area contributed by atoms with Crippen LogP contribution in [0.3, 0.4) is 0 Å². The van der Waals surface area contributed by atoms with Gasteiger partial charge in [0.05, 0.1) is 12.8 Å². The van der Waals surface area contributed by atoms with Gasteiger partial charge >= 0.3 is 0 Å². The largest absolute Gasteiger partial charge is 0.494 e. The summed E-state index contributed by atoms with van der Waals surface area (Å²) in [4.78, 5) is 0. The monoisotopic (exact) mass is 186 g/mol. The van der Waals surface area contributed by atoms with E-state index in [1.807, 2.05) is 13.8 Å². The summed E-state index contributed by atoms with van der Waals surface area (Å²) in [6, 6.07) is 4.39. The number of hydrogen-bond donors (Lipinski definition) is 2. The fourth-order valence-electron chi connectivity index (χ4n) is 0.756. The van der Waals surface area contributed by atoms with Gasteiger partial charge in [-0.25, -0.2) is 4.39 Å². The molecule has 0 radical (unpaired) electrons. The van der Waals surface area contributed by atoms with Gasteiger partial charge in [-0.1, -0.05) is 13.8 Å². The number of nitrogen functional groups attached to an aromatic ring is 1. The minimum atomic E-state index is -0.428. The Morgan fingerprint density at radius 1 is 1.38 bits per heavy atom. The van der Waals surface area contributed by atoms with E-state index in [-0.39, 0.29) is 5.75 Å². The summed E-state index contributed by atoms with van der Waals surface area (Å²) < 4.78 is 17.5. The first-order valence-electron chi connectivity index (χ1n) is 4.08. The molecule has 0 unspecified atom stereocenters. The molecule has 0 heterocycles. The quantitative estimate of drug-likeness (QED) is 0.549. The van der Waals surface area contributed by atoms with Crippen LogP contribution in [0.25, 0.3) is 0 Å². The molecule has 3 N–H and O–H groups in total. The van der Waals surface area contributed by atoms with Crippen molar-refractivity contribution in [2.45, 2.75) is 13.8 Å². The van der Waals surface area contributed by atoms with Crippen molar-refractivity contribution in [3.8, 4) is 5.75 Å². The normalized spacial score (nSPS) is 8.38. The maximum Gasteiger partial charge on any atom is 0.167 e. The van der Waals surface area contributed by atoms with Gasteiger partial charge in [0.1, 0.15) is 0 Å². The molecule has 0 amide bonds. The number of methoxy groups -OCH3 is 1. The summed E-state index contributed by atoms with van der Waals surface area (Å²) >= 11 is 0. The van der Waals surface area contributed by atoms with Gasteiger partial charge in [-0.15, -0.1) is 0 Å². The van der Waals surface area contributed by atoms with Crippen LogP contribution in [0.1, 0.15) is 13.8 Å². The van der Waals surface area contributed by atoms with Crippen LogP contribution >= 0.6 is 0 Å². The summed E-state index contributed by atoms with van der Waals surface area (Å²) in [7, 11) is 1.41. The minimum Gasteiger partial charge on any atom is -0.494 e. The van der Waals surface area contributed by atoms with Crippen LogP contribution in [0, 0.1) is 5.82 Å². The number of benzene rings is 1. The SMILES string of the molecule is CC.COc1ccc(NN)cc1F. The third-order valence-corrected chi connectivity index (χ3v) is 1.32. The Kier molecular flexibility index (Phi) is 5.63. The first-order chi connectivity index (χ1) is 6.27. The third kappa shape index (κ3) is 3.29. The smallest absolute Gasteiger partial charge is 0.167 e. The molecule has 0 atom stereocenters. The predicted octanol–water partition coefficient (Wildman–Crippen LogP) is 2.15. The molecule has 0 aliphatic carbocycles. The van der Waals surface area contributed by atoms with Crippen LogP contribution in [-0.4, -0.2) is 7.11 Å². The third-order valence-electron chi connectivity index (χ3n) is 1.32. The zero-order chi connectivity index (χ0) is 10.3. The predicted molar refractivity (Wildman–Crippen MR) is 52.1 cm³/mol. The maximum absolute atomic E-state index is 12.8. The second-order valence-electron chi connectivity index (χ2n) is 1.99. The number of nitrogens with two attached hydrogens (primary N) is 1. The highest BCUT2D eigenvalue weighted by Crippen LogP contribution is 2.19. The van der Waals surface area contributed by atoms with Crippen molar-refractivity contribution in [1.29, 1.82) is 0 Å². The summed E-state index contributed by atoms with van der Waals surface area (Å²) in [5.41, 5.74) is 2.84. The number of nitrogens with one attached hydrogen (secondary N) is 1. The van der Waals surface area contributed by atoms with E-state index in [9.17, 15) is 4.39 Å². The van der Waals surface area contributed by atoms with Crippen LogP contribution in [0.2, 0.25) is 0 Å². The molecule has 0 saturated carbocycles. The van der Waals surface area contributed by atoms with Gasteiger partial charge in [0, 0.05) is 6.07 Å². The molecule has 1 aromatic carbocycles. The standard InChI is InChI=1S/C7H9FN2O.C2H6/c1-11-7-3-2-5(10-9)4-6(7)8;1-2/h2-4,10H,9H2,1H3;1-2H3. The van der Waals surface area contributed by atoms with Crippen molar-refractivity contribution < 1.29 is 9.13 Å². The first-order valence-corrected chi connectivity index (χ1v) is 4.08. The minimum absolute atomic E-state index is 0.212. The number of hydrogen-bond acceptors (Lipinski definition) is 3. The molecule has 3 nitrogen and oxygen atoms in total. The Morgan fingerprint density at radius 3 is 2.38 bits per heavy atom. The van der Waals surface area contributed by atoms with Crippen LogP contribution in [0.4, 0.5) is 10.1 Å². The summed E-state index contributed by atoms with van der Waals surface area (Å²) in [5.74, 6) is 4.84. The summed E-state index contributed by atoms with van der Waals surface area (Å²) in [5, 5.41) is 0. The van der Waals surface area contributed by atoms with Gasteiger partial charge in [0.25, 0.3) is 0 Å². The maximum atomic E-state index is 12.8. The Morgan fingerprint density at radius 2 is 2.00 bits per heavy atom. The van der Waals surface area contributed by atoms with E-state index in [1.165, 1.54) is 19.2 Å². The lowest BCUT2D eigenvalue weighted by molar-refractivity contribution is 0.386. The Bertz CT molecular complexity index is 253. The molecule has 1 aromatic rings. The van der Waals surface area contributed by atoms with E-state index in [0.717, 1.165) is 0 Å². The topological polar surface area (TPSA) is 47.3 Å². The molecule has 0 aliphatic rings. The van der Waals surface area contributed by atoms with Crippen molar-refractivity contribution in [3.63, 3.8) is 0 Å². The van der Waals surface area contributed by atoms with Gasteiger partial charge in [-0.3, -0.25) is 5.84 Å². The van der Waals surface area contributed by atoms with Gasteiger partial charge in [0.2, 0.25) is 0 Å². The summed E-state index contributed by atoms with van der Waals surface area (Å²) in [6.07, 6.45) is 0. The van der Waals surface area contributed by atoms with E-state index >= 15 is 0 Å². The Balaban J connectivity index is 0.000000671. The Labute approximate surface area is 77.7 Å². The summed E-state index contributed by atoms with van der Waals surface area (Å²) in [6.45, 7) is 4.00. The van der Waals surface area contributed by atoms with Gasteiger partial charge < -0.3 is 10.2 Å². The van der Waals surface area contributed by atoms with E-state index in [1.54, 1.807) is 6.07 Å². The highest BCUT2D eigenvalue weighted by atomic mass is 19.1. The molecule has 0 aromatic heterocycles. The second kappa shape index (κ2) is 6.25. The average molecular weight is 186 g/mol. The number of ether oxygens (including phenoxy) is 1. The molecular formula is C9H15FN2O. The van der Waals surface area contributed by atoms with E-state index in [2.05, 4.69) is 5.43 Å². The molecule has 0 bridgehead atoms. The zero-order valence-electron chi connectivity index (χ0n) is 8.10. The average Bonchev–Trinajstić information content (AvgIpc) is 2.20. The van der Waals surface area contributed by atoms with Crippen LogP contribution < -0.4 is 16.0 Å². The number of anilines is 1. The van der Waals surface area contributed by atoms with Crippen molar-refractivity contribution in [1.82, 2.24) is 0 Å². The van der Waals surface area contributed by atoms with Crippen LogP contribution in [0.5, 0.6) is 5.75 Å². The van der Waals surface area contributed by atoms with Gasteiger partial charge in [0.15, 0.2) is 11.6 Å². The van der Waals surface area contributed by atoms with Crippen molar-refractivity contribution in [2.75, 3.05) is 12.5 Å². The molecule has 0 saturated heterocycles. The lowest BCUT2D eigenvalue weighted by Gasteiger charge is -2.03. The number of halogens is 1. The van der Waals surface area contributed by atoms with Crippen LogP contribution in [-0.2, 0) is 0 Å². The van der Waals surface area contributed by atoms with Crippen molar-refractivity contribution in [3.05, 3.63) is 24.0 Å². The van der Waals surface area contributed by atoms with Gasteiger partial charge in [-0.2, -0.15) is 0 Å². The van der Waals surface area contributed by atoms with Crippen LogP contribution in [0.15, 0.2) is 18.2 Å². The highest BCUT2D eigenvalue weighted by Gasteiger charge is 2.00. The van der Waals surface area contributed by atoms with E-state index in [4.69, 9.17) is 10.6 Å².